The Bertz CT molecular complexity index is 173. The summed E-state index contributed by atoms with van der Waals surface area (Å²) < 4.78 is 0. The first-order valence-corrected chi connectivity index (χ1v) is 6.04. The summed E-state index contributed by atoms with van der Waals surface area (Å²) in [5, 5.41) is 0.938. The molecule has 1 saturated carbocycles. The lowest BCUT2D eigenvalue weighted by molar-refractivity contribution is 0.524. The monoisotopic (exact) mass is 185 g/mol. The van der Waals surface area contributed by atoms with Gasteiger partial charge in [0.15, 0.2) is 0 Å². The van der Waals surface area contributed by atoms with Gasteiger partial charge in [0, 0.05) is 5.25 Å². The van der Waals surface area contributed by atoms with Crippen LogP contribution >= 0.6 is 11.8 Å². The maximum atomic E-state index is 5.76. The highest BCUT2D eigenvalue weighted by Gasteiger charge is 2.59. The summed E-state index contributed by atoms with van der Waals surface area (Å²) in [4.78, 5) is 0. The summed E-state index contributed by atoms with van der Waals surface area (Å²) in [6.45, 7) is 5.66. The van der Waals surface area contributed by atoms with Crippen LogP contribution in [0, 0.1) is 17.3 Å². The van der Waals surface area contributed by atoms with Gasteiger partial charge >= 0.3 is 0 Å². The van der Waals surface area contributed by atoms with Crippen LogP contribution in [-0.4, -0.2) is 17.5 Å². The van der Waals surface area contributed by atoms with Crippen LogP contribution < -0.4 is 5.73 Å². The maximum absolute atomic E-state index is 5.76. The summed E-state index contributed by atoms with van der Waals surface area (Å²) in [7, 11) is 0. The van der Waals surface area contributed by atoms with Gasteiger partial charge < -0.3 is 5.73 Å². The van der Waals surface area contributed by atoms with Crippen LogP contribution in [0.3, 0.4) is 0 Å². The molecule has 12 heavy (non-hydrogen) atoms. The Kier molecular flexibility index (Phi) is 2.16. The molecule has 0 aromatic rings. The highest BCUT2D eigenvalue weighted by Crippen LogP contribution is 2.63. The highest BCUT2D eigenvalue weighted by molar-refractivity contribution is 8.00. The van der Waals surface area contributed by atoms with E-state index in [9.17, 15) is 0 Å². The average Bonchev–Trinajstić information content (AvgIpc) is 2.50. The second-order valence-electron chi connectivity index (χ2n) is 4.74. The van der Waals surface area contributed by atoms with E-state index in [1.807, 2.05) is 0 Å². The van der Waals surface area contributed by atoms with E-state index in [4.69, 9.17) is 5.73 Å². The molecule has 0 radical (unpaired) electrons. The molecule has 1 aliphatic heterocycles. The van der Waals surface area contributed by atoms with E-state index in [-0.39, 0.29) is 0 Å². The second-order valence-corrected chi connectivity index (χ2v) is 6.09. The Morgan fingerprint density at radius 3 is 2.67 bits per heavy atom. The van der Waals surface area contributed by atoms with Crippen LogP contribution in [0.4, 0.5) is 0 Å². The van der Waals surface area contributed by atoms with Crippen molar-refractivity contribution >= 4 is 11.8 Å². The molecule has 0 bridgehead atoms. The third-order valence-corrected chi connectivity index (χ3v) is 5.24. The molecule has 1 nitrogen and oxygen atoms in total. The van der Waals surface area contributed by atoms with E-state index >= 15 is 0 Å². The summed E-state index contributed by atoms with van der Waals surface area (Å²) >= 11 is 2.18. The van der Waals surface area contributed by atoms with E-state index in [0.717, 1.165) is 23.6 Å². The quantitative estimate of drug-likeness (QED) is 0.713. The smallest absolute Gasteiger partial charge is 0.00841 e. The molecule has 2 aliphatic rings. The van der Waals surface area contributed by atoms with Crippen LogP contribution in [-0.2, 0) is 0 Å². The predicted octanol–water partition coefficient (Wildman–Crippen LogP) is 2.11. The van der Waals surface area contributed by atoms with Crippen LogP contribution in [0.25, 0.3) is 0 Å². The lowest BCUT2D eigenvalue weighted by Gasteiger charge is -2.09. The Hall–Kier alpha value is 0.310. The van der Waals surface area contributed by atoms with Crippen LogP contribution in [0.5, 0.6) is 0 Å². The molecule has 1 aliphatic carbocycles. The summed E-state index contributed by atoms with van der Waals surface area (Å²) in [6.07, 6.45) is 2.87. The molecule has 0 aromatic carbocycles. The van der Waals surface area contributed by atoms with Gasteiger partial charge in [0.1, 0.15) is 0 Å². The number of thioether (sulfide) groups is 1. The molecule has 0 spiro atoms. The minimum absolute atomic E-state index is 0.552. The van der Waals surface area contributed by atoms with Gasteiger partial charge in [-0.15, -0.1) is 0 Å². The minimum atomic E-state index is 0.552. The average molecular weight is 185 g/mol. The Labute approximate surface area is 79.5 Å². The molecule has 1 saturated heterocycles. The van der Waals surface area contributed by atoms with Gasteiger partial charge in [-0.3, -0.25) is 0 Å². The lowest BCUT2D eigenvalue weighted by Crippen LogP contribution is -2.08. The van der Waals surface area contributed by atoms with Crippen molar-refractivity contribution in [1.29, 1.82) is 0 Å². The fourth-order valence-corrected chi connectivity index (χ4v) is 4.58. The van der Waals surface area contributed by atoms with E-state index in [1.54, 1.807) is 0 Å². The molecular weight excluding hydrogens is 166 g/mol. The van der Waals surface area contributed by atoms with Crippen molar-refractivity contribution in [1.82, 2.24) is 0 Å². The Morgan fingerprint density at radius 1 is 1.50 bits per heavy atom. The highest BCUT2D eigenvalue weighted by atomic mass is 32.2. The standard InChI is InChI=1S/C10H19NS/c1-10(2)7(6-11)9(10)8-4-3-5-12-8/h7-9H,3-6,11H2,1-2H3. The van der Waals surface area contributed by atoms with Crippen LogP contribution in [0.1, 0.15) is 26.7 Å². The molecular formula is C10H19NS. The van der Waals surface area contributed by atoms with Gasteiger partial charge in [-0.25, -0.2) is 0 Å². The molecule has 2 heteroatoms. The first-order valence-electron chi connectivity index (χ1n) is 4.99. The zero-order chi connectivity index (χ0) is 8.77. The largest absolute Gasteiger partial charge is 0.330 e. The molecule has 0 aromatic heterocycles. The summed E-state index contributed by atoms with van der Waals surface area (Å²) in [5.74, 6) is 3.12. The second kappa shape index (κ2) is 2.91. The zero-order valence-electron chi connectivity index (χ0n) is 8.05. The van der Waals surface area contributed by atoms with Gasteiger partial charge in [0.2, 0.25) is 0 Å². The van der Waals surface area contributed by atoms with Gasteiger partial charge in [-0.05, 0) is 42.4 Å². The van der Waals surface area contributed by atoms with Gasteiger partial charge in [0.25, 0.3) is 0 Å². The van der Waals surface area contributed by atoms with E-state index < -0.39 is 0 Å². The number of hydrogen-bond acceptors (Lipinski definition) is 2. The first kappa shape index (κ1) is 8.89. The summed E-state index contributed by atoms with van der Waals surface area (Å²) in [6, 6.07) is 0. The van der Waals surface area contributed by atoms with Gasteiger partial charge in [-0.2, -0.15) is 11.8 Å². The maximum Gasteiger partial charge on any atom is 0.00841 e. The topological polar surface area (TPSA) is 26.0 Å². The van der Waals surface area contributed by atoms with Crippen molar-refractivity contribution in [3.8, 4) is 0 Å². The number of hydrogen-bond donors (Lipinski definition) is 1. The van der Waals surface area contributed by atoms with E-state index in [2.05, 4.69) is 25.6 Å². The Balaban J connectivity index is 1.97. The van der Waals surface area contributed by atoms with Crippen molar-refractivity contribution in [2.24, 2.45) is 23.0 Å². The number of rotatable bonds is 2. The van der Waals surface area contributed by atoms with Gasteiger partial charge in [0.05, 0.1) is 0 Å². The van der Waals surface area contributed by atoms with Crippen molar-refractivity contribution < 1.29 is 0 Å². The minimum Gasteiger partial charge on any atom is -0.330 e. The van der Waals surface area contributed by atoms with Crippen molar-refractivity contribution in [3.05, 3.63) is 0 Å². The third kappa shape index (κ3) is 1.20. The third-order valence-electron chi connectivity index (χ3n) is 3.76. The normalized spacial score (nSPS) is 44.8. The SMILES string of the molecule is CC1(C)C(CN)C1C1CCCS1. The van der Waals surface area contributed by atoms with Crippen molar-refractivity contribution in [3.63, 3.8) is 0 Å². The van der Waals surface area contributed by atoms with E-state index in [1.165, 1.54) is 18.6 Å². The molecule has 0 amide bonds. The summed E-state index contributed by atoms with van der Waals surface area (Å²) in [5.41, 5.74) is 6.31. The molecule has 3 unspecified atom stereocenters. The van der Waals surface area contributed by atoms with Crippen LogP contribution in [0.15, 0.2) is 0 Å². The predicted molar refractivity (Wildman–Crippen MR) is 55.3 cm³/mol. The molecule has 2 N–H and O–H groups in total. The zero-order valence-corrected chi connectivity index (χ0v) is 8.86. The molecule has 1 heterocycles. The number of nitrogens with two attached hydrogens (primary N) is 1. The Morgan fingerprint density at radius 2 is 2.25 bits per heavy atom. The molecule has 2 rings (SSSR count). The molecule has 70 valence electrons. The van der Waals surface area contributed by atoms with Crippen LogP contribution in [0.2, 0.25) is 0 Å². The molecule has 3 atom stereocenters. The fraction of sp³-hybridized carbons (Fsp3) is 1.00. The van der Waals surface area contributed by atoms with Crippen molar-refractivity contribution in [2.75, 3.05) is 12.3 Å². The van der Waals surface area contributed by atoms with Crippen molar-refractivity contribution in [2.45, 2.75) is 31.9 Å². The molecule has 2 fully saturated rings. The fourth-order valence-electron chi connectivity index (χ4n) is 2.86. The first-order chi connectivity index (χ1) is 5.68. The van der Waals surface area contributed by atoms with Gasteiger partial charge in [-0.1, -0.05) is 13.8 Å². The lowest BCUT2D eigenvalue weighted by atomic mass is 10.1. The van der Waals surface area contributed by atoms with E-state index in [0.29, 0.717) is 5.41 Å².